The second kappa shape index (κ2) is 5.55. The van der Waals surface area contributed by atoms with E-state index in [9.17, 15) is 13.6 Å². The molecule has 0 saturated carbocycles. The van der Waals surface area contributed by atoms with Crippen molar-refractivity contribution < 1.29 is 13.6 Å². The zero-order valence-electron chi connectivity index (χ0n) is 9.26. The van der Waals surface area contributed by atoms with Crippen molar-refractivity contribution in [3.63, 3.8) is 0 Å². The Balaban J connectivity index is 2.52. The van der Waals surface area contributed by atoms with Gasteiger partial charge in [0.2, 0.25) is 5.91 Å². The zero-order chi connectivity index (χ0) is 12.1. The fraction of sp³-hybridized carbons (Fsp3) is 0.364. The van der Waals surface area contributed by atoms with Crippen LogP contribution < -0.4 is 5.32 Å². The molecule has 1 N–H and O–H groups in total. The molecule has 0 aliphatic carbocycles. The van der Waals surface area contributed by atoms with E-state index in [0.29, 0.717) is 0 Å². The van der Waals surface area contributed by atoms with E-state index in [1.165, 1.54) is 23.1 Å². The molecular formula is C11H14F2N2O. The lowest BCUT2D eigenvalue weighted by Gasteiger charge is -2.11. The summed E-state index contributed by atoms with van der Waals surface area (Å²) in [4.78, 5) is 12.6. The van der Waals surface area contributed by atoms with E-state index in [-0.39, 0.29) is 24.6 Å². The van der Waals surface area contributed by atoms with Crippen LogP contribution in [-0.2, 0) is 11.3 Å². The van der Waals surface area contributed by atoms with Gasteiger partial charge in [0.05, 0.1) is 6.54 Å². The van der Waals surface area contributed by atoms with Crippen molar-refractivity contribution >= 4 is 5.91 Å². The van der Waals surface area contributed by atoms with E-state index in [1.807, 2.05) is 0 Å². The van der Waals surface area contributed by atoms with Gasteiger partial charge in [-0.25, -0.2) is 8.78 Å². The molecule has 5 heteroatoms. The topological polar surface area (TPSA) is 32.3 Å². The van der Waals surface area contributed by atoms with Crippen molar-refractivity contribution in [3.8, 4) is 0 Å². The van der Waals surface area contributed by atoms with E-state index in [2.05, 4.69) is 5.32 Å². The highest BCUT2D eigenvalue weighted by molar-refractivity contribution is 5.77. The number of hydrogen-bond acceptors (Lipinski definition) is 2. The van der Waals surface area contributed by atoms with Crippen LogP contribution in [0.3, 0.4) is 0 Å². The summed E-state index contributed by atoms with van der Waals surface area (Å²) in [6.07, 6.45) is 0. The molecular weight excluding hydrogens is 214 g/mol. The first kappa shape index (κ1) is 12.6. The van der Waals surface area contributed by atoms with Crippen LogP contribution in [0.2, 0.25) is 0 Å². The number of nitrogens with zero attached hydrogens (tertiary/aromatic N) is 1. The molecule has 0 saturated heterocycles. The Morgan fingerprint density at radius 3 is 2.38 bits per heavy atom. The van der Waals surface area contributed by atoms with Gasteiger partial charge in [-0.05, 0) is 12.1 Å². The van der Waals surface area contributed by atoms with Gasteiger partial charge in [-0.2, -0.15) is 0 Å². The first-order valence-electron chi connectivity index (χ1n) is 4.86. The summed E-state index contributed by atoms with van der Waals surface area (Å²) in [7, 11) is 3.24. The maximum absolute atomic E-state index is 13.2. The number of carbonyl (C=O) groups excluding carboxylic acids is 1. The second-order valence-electron chi connectivity index (χ2n) is 3.59. The number of benzene rings is 1. The Bertz CT molecular complexity index is 360. The van der Waals surface area contributed by atoms with Crippen molar-refractivity contribution in [2.75, 3.05) is 20.6 Å². The summed E-state index contributed by atoms with van der Waals surface area (Å²) in [5.41, 5.74) is -0.0472. The maximum atomic E-state index is 13.2. The van der Waals surface area contributed by atoms with Gasteiger partial charge in [0, 0.05) is 26.2 Å². The predicted octanol–water partition coefficient (Wildman–Crippen LogP) is 1.14. The molecule has 16 heavy (non-hydrogen) atoms. The molecule has 0 atom stereocenters. The lowest BCUT2D eigenvalue weighted by molar-refractivity contribution is -0.127. The average molecular weight is 228 g/mol. The fourth-order valence-corrected chi connectivity index (χ4v) is 1.15. The van der Waals surface area contributed by atoms with Crippen LogP contribution in [0.4, 0.5) is 8.78 Å². The van der Waals surface area contributed by atoms with Gasteiger partial charge >= 0.3 is 0 Å². The fourth-order valence-electron chi connectivity index (χ4n) is 1.15. The third kappa shape index (κ3) is 3.27. The molecule has 0 aliphatic rings. The first-order valence-corrected chi connectivity index (χ1v) is 4.86. The number of hydrogen-bond donors (Lipinski definition) is 1. The lowest BCUT2D eigenvalue weighted by Crippen LogP contribution is -2.32. The Morgan fingerprint density at radius 1 is 1.31 bits per heavy atom. The van der Waals surface area contributed by atoms with Gasteiger partial charge in [-0.15, -0.1) is 0 Å². The largest absolute Gasteiger partial charge is 0.348 e. The van der Waals surface area contributed by atoms with Crippen LogP contribution in [0.25, 0.3) is 0 Å². The summed E-state index contributed by atoms with van der Waals surface area (Å²) in [6.45, 7) is 0.0544. The summed E-state index contributed by atoms with van der Waals surface area (Å²) in [5, 5.41) is 2.69. The standard InChI is InChI=1S/C11H14F2N2O/c1-15(2)11(16)7-14-6-8-9(12)4-3-5-10(8)13/h3-5,14H,6-7H2,1-2H3. The number of likely N-dealkylation sites (N-methyl/N-ethyl adjacent to an activating group) is 1. The van der Waals surface area contributed by atoms with Crippen LogP contribution in [0.5, 0.6) is 0 Å². The molecule has 0 bridgehead atoms. The van der Waals surface area contributed by atoms with Gasteiger partial charge in [0.25, 0.3) is 0 Å². The summed E-state index contributed by atoms with van der Waals surface area (Å²) in [6, 6.07) is 3.68. The number of rotatable bonds is 4. The van der Waals surface area contributed by atoms with E-state index in [4.69, 9.17) is 0 Å². The van der Waals surface area contributed by atoms with Gasteiger partial charge in [-0.3, -0.25) is 4.79 Å². The monoisotopic (exact) mass is 228 g/mol. The van der Waals surface area contributed by atoms with Gasteiger partial charge in [-0.1, -0.05) is 6.07 Å². The molecule has 1 aromatic rings. The molecule has 3 nitrogen and oxygen atoms in total. The number of halogens is 2. The van der Waals surface area contributed by atoms with Crippen molar-refractivity contribution in [2.24, 2.45) is 0 Å². The smallest absolute Gasteiger partial charge is 0.236 e. The van der Waals surface area contributed by atoms with Crippen LogP contribution >= 0.6 is 0 Å². The van der Waals surface area contributed by atoms with E-state index >= 15 is 0 Å². The highest BCUT2D eigenvalue weighted by Gasteiger charge is 2.09. The second-order valence-corrected chi connectivity index (χ2v) is 3.59. The molecule has 88 valence electrons. The minimum absolute atomic E-state index is 0.00190. The average Bonchev–Trinajstić information content (AvgIpc) is 2.22. The molecule has 0 aromatic heterocycles. The molecule has 0 heterocycles. The van der Waals surface area contributed by atoms with Gasteiger partial charge in [0.1, 0.15) is 11.6 Å². The number of carbonyl (C=O) groups is 1. The van der Waals surface area contributed by atoms with Gasteiger partial charge in [0.15, 0.2) is 0 Å². The summed E-state index contributed by atoms with van der Waals surface area (Å²) >= 11 is 0. The highest BCUT2D eigenvalue weighted by Crippen LogP contribution is 2.11. The minimum atomic E-state index is -0.607. The first-order chi connectivity index (χ1) is 7.52. The molecule has 1 aromatic carbocycles. The normalized spacial score (nSPS) is 10.2. The number of amides is 1. The molecule has 1 rings (SSSR count). The Kier molecular flexibility index (Phi) is 4.37. The molecule has 1 amide bonds. The van der Waals surface area contributed by atoms with Crippen LogP contribution in [-0.4, -0.2) is 31.4 Å². The lowest BCUT2D eigenvalue weighted by atomic mass is 10.2. The number of nitrogens with one attached hydrogen (secondary N) is 1. The Morgan fingerprint density at radius 2 is 1.88 bits per heavy atom. The molecule has 0 radical (unpaired) electrons. The van der Waals surface area contributed by atoms with Crippen molar-refractivity contribution in [1.82, 2.24) is 10.2 Å². The summed E-state index contributed by atoms with van der Waals surface area (Å²) in [5.74, 6) is -1.36. The molecule has 0 spiro atoms. The maximum Gasteiger partial charge on any atom is 0.236 e. The quantitative estimate of drug-likeness (QED) is 0.838. The SMILES string of the molecule is CN(C)C(=O)CNCc1c(F)cccc1F. The highest BCUT2D eigenvalue weighted by atomic mass is 19.1. The van der Waals surface area contributed by atoms with E-state index in [1.54, 1.807) is 14.1 Å². The Labute approximate surface area is 93.1 Å². The van der Waals surface area contributed by atoms with Crippen LogP contribution in [0.15, 0.2) is 18.2 Å². The molecule has 0 unspecified atom stereocenters. The third-order valence-corrected chi connectivity index (χ3v) is 2.14. The predicted molar refractivity (Wildman–Crippen MR) is 56.8 cm³/mol. The molecule has 0 fully saturated rings. The molecule has 0 aliphatic heterocycles. The van der Waals surface area contributed by atoms with Crippen LogP contribution in [0.1, 0.15) is 5.56 Å². The minimum Gasteiger partial charge on any atom is -0.348 e. The van der Waals surface area contributed by atoms with Crippen molar-refractivity contribution in [1.29, 1.82) is 0 Å². The zero-order valence-corrected chi connectivity index (χ0v) is 9.26. The van der Waals surface area contributed by atoms with Crippen LogP contribution in [0, 0.1) is 11.6 Å². The van der Waals surface area contributed by atoms with E-state index < -0.39 is 11.6 Å². The summed E-state index contributed by atoms with van der Waals surface area (Å²) < 4.78 is 26.3. The van der Waals surface area contributed by atoms with E-state index in [0.717, 1.165) is 0 Å². The Hall–Kier alpha value is -1.49. The van der Waals surface area contributed by atoms with Crippen molar-refractivity contribution in [2.45, 2.75) is 6.54 Å². The van der Waals surface area contributed by atoms with Crippen molar-refractivity contribution in [3.05, 3.63) is 35.4 Å². The third-order valence-electron chi connectivity index (χ3n) is 2.14. The van der Waals surface area contributed by atoms with Gasteiger partial charge < -0.3 is 10.2 Å².